The Morgan fingerprint density at radius 2 is 2.03 bits per heavy atom. The number of aryl methyl sites for hydroxylation is 2. The summed E-state index contributed by atoms with van der Waals surface area (Å²) in [5, 5.41) is 3.52. The van der Waals surface area contributed by atoms with E-state index >= 15 is 0 Å². The third-order valence-electron chi connectivity index (χ3n) is 5.44. The molecule has 0 fully saturated rings. The van der Waals surface area contributed by atoms with Crippen molar-refractivity contribution >= 4 is 22.5 Å². The van der Waals surface area contributed by atoms with Crippen molar-refractivity contribution in [3.8, 4) is 0 Å². The van der Waals surface area contributed by atoms with Crippen LogP contribution in [0.1, 0.15) is 48.5 Å². The van der Waals surface area contributed by atoms with Crippen molar-refractivity contribution in [2.75, 3.05) is 6.54 Å². The van der Waals surface area contributed by atoms with Gasteiger partial charge in [0, 0.05) is 31.7 Å². The van der Waals surface area contributed by atoms with Gasteiger partial charge in [-0.1, -0.05) is 19.4 Å². The number of carbonyl (C=O) groups excluding carboxylic acids is 1. The summed E-state index contributed by atoms with van der Waals surface area (Å²) in [6.07, 6.45) is 12.0. The number of nitrogens with zero attached hydrogens (tertiary/aromatic N) is 4. The van der Waals surface area contributed by atoms with E-state index in [1.165, 1.54) is 4.40 Å². The standard InChI is InChI=1S/C24H27N5O2/c1-2-3-6-18-7-9-21-20(15-18)24(31)29-16-19(8-10-22(29)27-21)23(30)26-11-4-5-13-28-14-12-25-17-28/h7-10,12,14-17H,2-6,11,13H2,1H3,(H,26,30). The number of rotatable bonds is 9. The van der Waals surface area contributed by atoms with Crippen LogP contribution in [0.15, 0.2) is 60.0 Å². The lowest BCUT2D eigenvalue weighted by Crippen LogP contribution is -2.26. The molecule has 7 nitrogen and oxygen atoms in total. The summed E-state index contributed by atoms with van der Waals surface area (Å²) in [7, 11) is 0. The topological polar surface area (TPSA) is 81.3 Å². The molecule has 4 rings (SSSR count). The lowest BCUT2D eigenvalue weighted by Gasteiger charge is -2.09. The Balaban J connectivity index is 1.47. The number of fused-ring (bicyclic) bond motifs is 2. The van der Waals surface area contributed by atoms with Gasteiger partial charge in [0.05, 0.1) is 22.8 Å². The lowest BCUT2D eigenvalue weighted by molar-refractivity contribution is 0.0952. The predicted molar refractivity (Wildman–Crippen MR) is 121 cm³/mol. The molecule has 0 atom stereocenters. The van der Waals surface area contributed by atoms with Gasteiger partial charge in [-0.2, -0.15) is 0 Å². The zero-order chi connectivity index (χ0) is 21.6. The lowest BCUT2D eigenvalue weighted by atomic mass is 10.1. The van der Waals surface area contributed by atoms with E-state index in [0.717, 1.165) is 44.2 Å². The van der Waals surface area contributed by atoms with Crippen LogP contribution in [0.3, 0.4) is 0 Å². The number of benzene rings is 1. The summed E-state index contributed by atoms with van der Waals surface area (Å²) in [5.41, 5.74) is 2.66. The van der Waals surface area contributed by atoms with Crippen molar-refractivity contribution in [2.24, 2.45) is 0 Å². The maximum atomic E-state index is 13.1. The van der Waals surface area contributed by atoms with Crippen LogP contribution in [0.4, 0.5) is 0 Å². The van der Waals surface area contributed by atoms with Gasteiger partial charge in [-0.25, -0.2) is 9.97 Å². The summed E-state index contributed by atoms with van der Waals surface area (Å²) in [5.74, 6) is -0.187. The van der Waals surface area contributed by atoms with Gasteiger partial charge in [-0.05, 0) is 55.5 Å². The largest absolute Gasteiger partial charge is 0.352 e. The molecule has 1 amide bonds. The van der Waals surface area contributed by atoms with E-state index in [1.54, 1.807) is 30.9 Å². The molecule has 7 heteroatoms. The first-order chi connectivity index (χ1) is 15.2. The first-order valence-corrected chi connectivity index (χ1v) is 10.8. The highest BCUT2D eigenvalue weighted by Gasteiger charge is 2.10. The normalized spacial score (nSPS) is 11.3. The summed E-state index contributed by atoms with van der Waals surface area (Å²) in [4.78, 5) is 34.3. The Morgan fingerprint density at radius 3 is 2.84 bits per heavy atom. The Hall–Kier alpha value is -3.48. The van der Waals surface area contributed by atoms with Crippen molar-refractivity contribution < 1.29 is 4.79 Å². The van der Waals surface area contributed by atoms with Crippen LogP contribution in [0.25, 0.3) is 16.6 Å². The Labute approximate surface area is 180 Å². The molecule has 160 valence electrons. The number of unbranched alkanes of at least 4 members (excludes halogenated alkanes) is 2. The SMILES string of the molecule is CCCCc1ccc2nc3ccc(C(=O)NCCCCn4ccnc4)cn3c(=O)c2c1. The van der Waals surface area contributed by atoms with Crippen molar-refractivity contribution in [3.05, 3.63) is 76.7 Å². The van der Waals surface area contributed by atoms with E-state index in [0.29, 0.717) is 28.7 Å². The second-order valence-corrected chi connectivity index (χ2v) is 7.78. The van der Waals surface area contributed by atoms with Crippen LogP contribution in [-0.2, 0) is 13.0 Å². The molecule has 0 saturated heterocycles. The van der Waals surface area contributed by atoms with Crippen LogP contribution in [-0.4, -0.2) is 31.4 Å². The summed E-state index contributed by atoms with van der Waals surface area (Å²) < 4.78 is 3.49. The van der Waals surface area contributed by atoms with E-state index in [1.807, 2.05) is 29.0 Å². The number of aromatic nitrogens is 4. The first-order valence-electron chi connectivity index (χ1n) is 10.8. The molecule has 0 spiro atoms. The number of hydrogen-bond acceptors (Lipinski definition) is 4. The van der Waals surface area contributed by atoms with Crippen molar-refractivity contribution in [3.63, 3.8) is 0 Å². The summed E-state index contributed by atoms with van der Waals surface area (Å²) in [6, 6.07) is 9.31. The molecule has 0 saturated carbocycles. The number of pyridine rings is 1. The molecule has 0 aliphatic carbocycles. The predicted octanol–water partition coefficient (Wildman–Crippen LogP) is 3.60. The fourth-order valence-corrected chi connectivity index (χ4v) is 3.66. The van der Waals surface area contributed by atoms with E-state index in [9.17, 15) is 9.59 Å². The molecule has 0 aliphatic heterocycles. The number of imidazole rings is 1. The third-order valence-corrected chi connectivity index (χ3v) is 5.44. The molecule has 0 aliphatic rings. The molecule has 3 heterocycles. The molecule has 3 aromatic heterocycles. The maximum absolute atomic E-state index is 13.1. The van der Waals surface area contributed by atoms with E-state index in [-0.39, 0.29) is 11.5 Å². The second-order valence-electron chi connectivity index (χ2n) is 7.78. The molecule has 31 heavy (non-hydrogen) atoms. The average molecular weight is 418 g/mol. The minimum Gasteiger partial charge on any atom is -0.352 e. The van der Waals surface area contributed by atoms with Gasteiger partial charge < -0.3 is 9.88 Å². The van der Waals surface area contributed by atoms with E-state index in [2.05, 4.69) is 22.2 Å². The third kappa shape index (κ3) is 4.82. The quantitative estimate of drug-likeness (QED) is 0.333. The van der Waals surface area contributed by atoms with Crippen LogP contribution in [0.2, 0.25) is 0 Å². The highest BCUT2D eigenvalue weighted by atomic mass is 16.1. The van der Waals surface area contributed by atoms with Gasteiger partial charge >= 0.3 is 0 Å². The number of carbonyl (C=O) groups is 1. The zero-order valence-electron chi connectivity index (χ0n) is 17.8. The van der Waals surface area contributed by atoms with E-state index in [4.69, 9.17) is 0 Å². The summed E-state index contributed by atoms with van der Waals surface area (Å²) >= 11 is 0. The Morgan fingerprint density at radius 1 is 1.13 bits per heavy atom. The Kier molecular flexibility index (Phi) is 6.40. The molecular weight excluding hydrogens is 390 g/mol. The molecule has 1 aromatic carbocycles. The number of hydrogen-bond donors (Lipinski definition) is 1. The van der Waals surface area contributed by atoms with Gasteiger partial charge in [-0.3, -0.25) is 14.0 Å². The second kappa shape index (κ2) is 9.55. The monoisotopic (exact) mass is 417 g/mol. The number of amides is 1. The van der Waals surface area contributed by atoms with Gasteiger partial charge in [0.1, 0.15) is 5.65 Å². The minimum atomic E-state index is -0.187. The van der Waals surface area contributed by atoms with Gasteiger partial charge in [-0.15, -0.1) is 0 Å². The van der Waals surface area contributed by atoms with Gasteiger partial charge in [0.15, 0.2) is 0 Å². The maximum Gasteiger partial charge on any atom is 0.265 e. The summed E-state index contributed by atoms with van der Waals surface area (Å²) in [6.45, 7) is 3.61. The minimum absolute atomic E-state index is 0.145. The van der Waals surface area contributed by atoms with Gasteiger partial charge in [0.2, 0.25) is 0 Å². The molecular formula is C24H27N5O2. The highest BCUT2D eigenvalue weighted by molar-refractivity contribution is 5.94. The highest BCUT2D eigenvalue weighted by Crippen LogP contribution is 2.15. The average Bonchev–Trinajstić information content (AvgIpc) is 3.31. The zero-order valence-corrected chi connectivity index (χ0v) is 17.8. The number of nitrogens with one attached hydrogen (secondary N) is 1. The van der Waals surface area contributed by atoms with Gasteiger partial charge in [0.25, 0.3) is 11.5 Å². The van der Waals surface area contributed by atoms with E-state index < -0.39 is 0 Å². The van der Waals surface area contributed by atoms with Crippen LogP contribution < -0.4 is 10.9 Å². The fourth-order valence-electron chi connectivity index (χ4n) is 3.66. The van der Waals surface area contributed by atoms with Crippen LogP contribution >= 0.6 is 0 Å². The Bertz CT molecular complexity index is 1240. The molecule has 4 aromatic rings. The van der Waals surface area contributed by atoms with Crippen LogP contribution in [0, 0.1) is 0 Å². The smallest absolute Gasteiger partial charge is 0.265 e. The molecule has 1 N–H and O–H groups in total. The van der Waals surface area contributed by atoms with Crippen molar-refractivity contribution in [2.45, 2.75) is 45.6 Å². The molecule has 0 unspecified atom stereocenters. The fraction of sp³-hybridized carbons (Fsp3) is 0.333. The van der Waals surface area contributed by atoms with Crippen molar-refractivity contribution in [1.29, 1.82) is 0 Å². The molecule has 0 bridgehead atoms. The molecule has 0 radical (unpaired) electrons. The van der Waals surface area contributed by atoms with Crippen LogP contribution in [0.5, 0.6) is 0 Å². The first kappa shape index (κ1) is 20.8. The van der Waals surface area contributed by atoms with Crippen molar-refractivity contribution in [1.82, 2.24) is 24.3 Å².